The number of hydrogen-bond acceptors (Lipinski definition) is 6. The molecule has 0 spiro atoms. The minimum Gasteiger partial charge on any atom is -0.493 e. The van der Waals surface area contributed by atoms with E-state index in [-0.39, 0.29) is 5.41 Å². The Bertz CT molecular complexity index is 914. The fraction of sp³-hybridized carbons (Fsp3) is 0.478. The number of ether oxygens (including phenoxy) is 2. The summed E-state index contributed by atoms with van der Waals surface area (Å²) in [5.74, 6) is 2.42. The number of hydrogen-bond donors (Lipinski definition) is 1. The number of methoxy groups -OCH3 is 2. The van der Waals surface area contributed by atoms with E-state index in [4.69, 9.17) is 14.6 Å². The zero-order valence-corrected chi connectivity index (χ0v) is 17.7. The fourth-order valence-corrected chi connectivity index (χ4v) is 4.92. The number of likely N-dealkylation sites (tertiary alicyclic amines) is 1. The Kier molecular flexibility index (Phi) is 5.46. The second-order valence-corrected chi connectivity index (χ2v) is 8.14. The number of hydrazone groups is 1. The molecule has 1 saturated carbocycles. The van der Waals surface area contributed by atoms with Crippen LogP contribution in [-0.4, -0.2) is 49.4 Å². The summed E-state index contributed by atoms with van der Waals surface area (Å²) in [6, 6.07) is 10.8. The maximum Gasteiger partial charge on any atom is 0.161 e. The normalized spacial score (nSPS) is 25.7. The first kappa shape index (κ1) is 19.7. The van der Waals surface area contributed by atoms with Crippen LogP contribution < -0.4 is 14.9 Å². The molecule has 29 heavy (non-hydrogen) atoms. The van der Waals surface area contributed by atoms with Crippen molar-refractivity contribution in [1.29, 1.82) is 0 Å². The number of benzene rings is 1. The molecule has 4 rings (SSSR count). The molecule has 0 bridgehead atoms. The van der Waals surface area contributed by atoms with E-state index in [1.54, 1.807) is 20.4 Å². The second kappa shape index (κ2) is 8.03. The van der Waals surface area contributed by atoms with Gasteiger partial charge in [-0.15, -0.1) is 0 Å². The summed E-state index contributed by atoms with van der Waals surface area (Å²) in [6.07, 6.45) is 5.98. The number of rotatable bonds is 5. The summed E-state index contributed by atoms with van der Waals surface area (Å²) >= 11 is 0. The highest BCUT2D eigenvalue weighted by Crippen LogP contribution is 2.49. The highest BCUT2D eigenvalue weighted by molar-refractivity contribution is 5.87. The minimum atomic E-state index is 0.133. The zero-order chi connectivity index (χ0) is 20.4. The molecule has 6 heteroatoms. The summed E-state index contributed by atoms with van der Waals surface area (Å²) in [6.45, 7) is 3.14. The van der Waals surface area contributed by atoms with Crippen LogP contribution in [0.4, 0.5) is 5.82 Å². The van der Waals surface area contributed by atoms with E-state index in [2.05, 4.69) is 34.5 Å². The summed E-state index contributed by atoms with van der Waals surface area (Å²) in [7, 11) is 5.61. The van der Waals surface area contributed by atoms with Crippen LogP contribution in [0.15, 0.2) is 41.6 Å². The van der Waals surface area contributed by atoms with Gasteiger partial charge in [-0.1, -0.05) is 12.1 Å². The molecule has 154 valence electrons. The Morgan fingerprint density at radius 3 is 2.76 bits per heavy atom. The van der Waals surface area contributed by atoms with Gasteiger partial charge in [0.15, 0.2) is 11.5 Å². The monoisotopic (exact) mass is 394 g/mol. The molecule has 2 aromatic rings. The second-order valence-electron chi connectivity index (χ2n) is 8.14. The van der Waals surface area contributed by atoms with Crippen LogP contribution in [0.25, 0.3) is 0 Å². The number of anilines is 1. The third kappa shape index (κ3) is 3.57. The van der Waals surface area contributed by atoms with Crippen molar-refractivity contribution >= 4 is 11.5 Å². The maximum absolute atomic E-state index is 5.58. The standard InChI is InChI=1S/C23H30N4O2/c1-16-6-5-12-24-22(16)26-25-18-9-10-23(11-13-27(2)21(23)15-18)17-7-8-19(28-3)20(14-17)29-4/h5-8,12,14,21H,9-11,13,15H2,1-4H3,(H,24,26)/t21-,23-/m0/s1. The maximum atomic E-state index is 5.58. The van der Waals surface area contributed by atoms with E-state index in [1.807, 2.05) is 25.1 Å². The van der Waals surface area contributed by atoms with Gasteiger partial charge in [-0.25, -0.2) is 4.98 Å². The summed E-state index contributed by atoms with van der Waals surface area (Å²) in [5.41, 5.74) is 6.98. The molecule has 1 N–H and O–H groups in total. The summed E-state index contributed by atoms with van der Waals surface area (Å²) in [5, 5.41) is 4.73. The molecule has 1 aliphatic heterocycles. The molecule has 1 aromatic heterocycles. The lowest BCUT2D eigenvalue weighted by molar-refractivity contribution is 0.226. The van der Waals surface area contributed by atoms with Gasteiger partial charge in [-0.2, -0.15) is 5.10 Å². The van der Waals surface area contributed by atoms with E-state index in [0.29, 0.717) is 6.04 Å². The van der Waals surface area contributed by atoms with Gasteiger partial charge in [0.2, 0.25) is 0 Å². The number of likely N-dealkylation sites (N-methyl/N-ethyl adjacent to an activating group) is 1. The average molecular weight is 395 g/mol. The third-order valence-electron chi connectivity index (χ3n) is 6.66. The fourth-order valence-electron chi connectivity index (χ4n) is 4.92. The van der Waals surface area contributed by atoms with Crippen molar-refractivity contribution in [3.8, 4) is 11.5 Å². The van der Waals surface area contributed by atoms with Crippen LogP contribution in [-0.2, 0) is 5.41 Å². The molecule has 1 aromatic carbocycles. The van der Waals surface area contributed by atoms with E-state index >= 15 is 0 Å². The average Bonchev–Trinajstić information content (AvgIpc) is 3.10. The molecule has 6 nitrogen and oxygen atoms in total. The largest absolute Gasteiger partial charge is 0.493 e. The molecule has 1 saturated heterocycles. The molecule has 0 radical (unpaired) electrons. The number of nitrogens with one attached hydrogen (secondary N) is 1. The SMILES string of the molecule is COc1ccc([C@@]23CCC(=NNc4ncccc4C)C[C@@H]2N(C)CC3)cc1OC. The zero-order valence-electron chi connectivity index (χ0n) is 17.7. The first-order valence-corrected chi connectivity index (χ1v) is 10.2. The van der Waals surface area contributed by atoms with Crippen molar-refractivity contribution < 1.29 is 9.47 Å². The number of aromatic nitrogens is 1. The molecule has 2 atom stereocenters. The number of fused-ring (bicyclic) bond motifs is 1. The molecule has 2 aliphatic rings. The quantitative estimate of drug-likeness (QED) is 0.777. The Morgan fingerprint density at radius 2 is 2.00 bits per heavy atom. The van der Waals surface area contributed by atoms with Crippen molar-refractivity contribution in [3.63, 3.8) is 0 Å². The van der Waals surface area contributed by atoms with Crippen LogP contribution in [0, 0.1) is 6.92 Å². The Morgan fingerprint density at radius 1 is 1.17 bits per heavy atom. The third-order valence-corrected chi connectivity index (χ3v) is 6.66. The van der Waals surface area contributed by atoms with Gasteiger partial charge in [0.25, 0.3) is 0 Å². The molecule has 2 heterocycles. The smallest absolute Gasteiger partial charge is 0.161 e. The number of pyridine rings is 1. The van der Waals surface area contributed by atoms with Gasteiger partial charge in [-0.05, 0) is 69.1 Å². The van der Waals surface area contributed by atoms with Crippen molar-refractivity contribution in [3.05, 3.63) is 47.7 Å². The van der Waals surface area contributed by atoms with Gasteiger partial charge in [0.05, 0.1) is 14.2 Å². The van der Waals surface area contributed by atoms with Gasteiger partial charge < -0.3 is 14.4 Å². The molecule has 2 fully saturated rings. The Labute approximate surface area is 172 Å². The number of nitrogens with zero attached hydrogens (tertiary/aromatic N) is 3. The molecule has 0 unspecified atom stereocenters. The van der Waals surface area contributed by atoms with Crippen LogP contribution in [0.2, 0.25) is 0 Å². The highest BCUT2D eigenvalue weighted by atomic mass is 16.5. The number of aryl methyl sites for hydroxylation is 1. The van der Waals surface area contributed by atoms with Crippen molar-refractivity contribution in [2.45, 2.75) is 44.1 Å². The van der Waals surface area contributed by atoms with Gasteiger partial charge >= 0.3 is 0 Å². The van der Waals surface area contributed by atoms with E-state index in [0.717, 1.165) is 55.1 Å². The topological polar surface area (TPSA) is 59.0 Å². The first-order valence-electron chi connectivity index (χ1n) is 10.2. The summed E-state index contributed by atoms with van der Waals surface area (Å²) < 4.78 is 11.0. The Balaban J connectivity index is 1.59. The van der Waals surface area contributed by atoms with Crippen molar-refractivity contribution in [2.75, 3.05) is 33.2 Å². The highest BCUT2D eigenvalue weighted by Gasteiger charge is 2.49. The lowest BCUT2D eigenvalue weighted by atomic mass is 9.65. The summed E-state index contributed by atoms with van der Waals surface area (Å²) in [4.78, 5) is 6.87. The van der Waals surface area contributed by atoms with E-state index in [1.165, 1.54) is 11.3 Å². The van der Waals surface area contributed by atoms with Crippen molar-refractivity contribution in [2.24, 2.45) is 5.10 Å². The van der Waals surface area contributed by atoms with Gasteiger partial charge in [0, 0.05) is 29.8 Å². The van der Waals surface area contributed by atoms with E-state index in [9.17, 15) is 0 Å². The van der Waals surface area contributed by atoms with Crippen LogP contribution in [0.1, 0.15) is 36.8 Å². The Hall–Kier alpha value is -2.60. The van der Waals surface area contributed by atoms with Crippen molar-refractivity contribution in [1.82, 2.24) is 9.88 Å². The van der Waals surface area contributed by atoms with Gasteiger partial charge in [0.1, 0.15) is 5.82 Å². The van der Waals surface area contributed by atoms with Crippen LogP contribution in [0.5, 0.6) is 11.5 Å². The minimum absolute atomic E-state index is 0.133. The molecular weight excluding hydrogens is 364 g/mol. The lowest BCUT2D eigenvalue weighted by Crippen LogP contribution is -2.46. The first-order chi connectivity index (χ1) is 14.1. The van der Waals surface area contributed by atoms with E-state index < -0.39 is 0 Å². The predicted molar refractivity (Wildman–Crippen MR) is 116 cm³/mol. The molecule has 1 aliphatic carbocycles. The predicted octanol–water partition coefficient (Wildman–Crippen LogP) is 4.00. The van der Waals surface area contributed by atoms with Gasteiger partial charge in [-0.3, -0.25) is 5.43 Å². The lowest BCUT2D eigenvalue weighted by Gasteiger charge is -2.42. The molecule has 0 amide bonds. The molecular formula is C23H30N4O2. The van der Waals surface area contributed by atoms with Crippen LogP contribution >= 0.6 is 0 Å². The van der Waals surface area contributed by atoms with Crippen LogP contribution in [0.3, 0.4) is 0 Å².